The van der Waals surface area contributed by atoms with Gasteiger partial charge in [-0.3, -0.25) is 0 Å². The molecule has 0 aliphatic heterocycles. The van der Waals surface area contributed by atoms with E-state index in [1.165, 1.54) is 48.4 Å². The molecule has 0 aromatic rings. The van der Waals surface area contributed by atoms with Crippen molar-refractivity contribution in [2.45, 2.75) is 27.7 Å². The molecule has 0 fully saturated rings. The third-order valence-corrected chi connectivity index (χ3v) is 3.87. The second-order valence-corrected chi connectivity index (χ2v) is 6.87. The van der Waals surface area contributed by atoms with Crippen molar-refractivity contribution in [3.63, 3.8) is 0 Å². The number of hydrogen-bond acceptors (Lipinski definition) is 16. The van der Waals surface area contributed by atoms with E-state index in [9.17, 15) is 37.3 Å². The second kappa shape index (κ2) is 31.3. The predicted octanol–water partition coefficient (Wildman–Crippen LogP) is -8.18. The van der Waals surface area contributed by atoms with Gasteiger partial charge in [-0.15, -0.1) is 0 Å². The molecule has 0 unspecified atom stereocenters. The zero-order chi connectivity index (χ0) is 26.3. The van der Waals surface area contributed by atoms with Crippen molar-refractivity contribution in [2.75, 3.05) is 54.4 Å². The Labute approximate surface area is 221 Å². The van der Waals surface area contributed by atoms with Crippen LogP contribution < -0.4 is 37.3 Å². The first-order valence-corrected chi connectivity index (χ1v) is 12.2. The summed E-state index contributed by atoms with van der Waals surface area (Å²) in [5.41, 5.74) is 0. The Kier molecular flexibility index (Phi) is 41.9. The van der Waals surface area contributed by atoms with Gasteiger partial charge in [0.1, 0.15) is 17.6 Å². The average molecular weight is 614 g/mol. The van der Waals surface area contributed by atoms with Gasteiger partial charge in [-0.25, -0.2) is 0 Å². The zero-order valence-electron chi connectivity index (χ0n) is 19.5. The van der Waals surface area contributed by atoms with Gasteiger partial charge in [0.15, 0.2) is 0 Å². The summed E-state index contributed by atoms with van der Waals surface area (Å²) < 4.78 is 93.8. The van der Waals surface area contributed by atoms with E-state index in [-0.39, 0.29) is 21.7 Å². The molecule has 0 rings (SSSR count). The molecule has 0 aromatic carbocycles. The minimum atomic E-state index is -2.12. The van der Waals surface area contributed by atoms with E-state index in [0.29, 0.717) is 26.2 Å². The first kappa shape index (κ1) is 44.2. The van der Waals surface area contributed by atoms with Crippen LogP contribution in [0, 0.1) is 43.1 Å². The molecule has 0 atom stereocenters. The molecule has 33 heavy (non-hydrogen) atoms. The molecule has 0 saturated carbocycles. The SMILES string of the molecule is CCN(C)O[Cl+2]([O-])[O-].CCN(C)O[Cl+2]([O-])[O-].CCN(C)O[Cl+2]([O-])[O-].CCN(C)O[Cl+2]([O-])[O-].[Ti]. The fourth-order valence-corrected chi connectivity index (χ4v) is 1.74. The summed E-state index contributed by atoms with van der Waals surface area (Å²) in [6.45, 7) is 9.28. The van der Waals surface area contributed by atoms with Gasteiger partial charge in [-0.2, -0.15) is 0 Å². The van der Waals surface area contributed by atoms with Crippen LogP contribution in [0.5, 0.6) is 0 Å². The van der Waals surface area contributed by atoms with E-state index in [4.69, 9.17) is 0 Å². The number of hydroxylamine groups is 8. The zero-order valence-corrected chi connectivity index (χ0v) is 24.1. The van der Waals surface area contributed by atoms with Gasteiger partial charge in [0.05, 0.1) is 0 Å². The van der Waals surface area contributed by atoms with Crippen LogP contribution in [0.1, 0.15) is 27.7 Å². The fourth-order valence-electron chi connectivity index (χ4n) is 0.580. The Balaban J connectivity index is -0.000000105. The van der Waals surface area contributed by atoms with Crippen molar-refractivity contribution < 1.29 is 120 Å². The summed E-state index contributed by atoms with van der Waals surface area (Å²) in [5, 5.41) is 4.78. The molecule has 16 nitrogen and oxygen atoms in total. The molecule has 0 bridgehead atoms. The number of halogens is 4. The molecule has 0 aliphatic rings. The summed E-state index contributed by atoms with van der Waals surface area (Å²) >= 11 is 0. The van der Waals surface area contributed by atoms with E-state index in [2.05, 4.69) is 17.6 Å². The van der Waals surface area contributed by atoms with Crippen LogP contribution in [0.15, 0.2) is 0 Å². The van der Waals surface area contributed by atoms with E-state index in [0.717, 1.165) is 0 Å². The van der Waals surface area contributed by atoms with Gasteiger partial charge in [-0.05, 0) is 27.7 Å². The van der Waals surface area contributed by atoms with E-state index in [1.54, 1.807) is 27.7 Å². The second-order valence-electron chi connectivity index (χ2n) is 4.81. The molecule has 0 saturated heterocycles. The number of rotatable bonds is 12. The maximum atomic E-state index is 9.67. The number of hydrogen-bond donors (Lipinski definition) is 0. The molecule has 204 valence electrons. The minimum absolute atomic E-state index is 0. The maximum Gasteiger partial charge on any atom is 0.312 e. The Morgan fingerprint density at radius 2 is 0.545 bits per heavy atom. The van der Waals surface area contributed by atoms with E-state index < -0.39 is 43.1 Å². The third kappa shape index (κ3) is 50.9. The monoisotopic (exact) mass is 612 g/mol. The van der Waals surface area contributed by atoms with Crippen molar-refractivity contribution in [2.24, 2.45) is 0 Å². The van der Waals surface area contributed by atoms with Gasteiger partial charge in [0.25, 0.3) is 0 Å². The van der Waals surface area contributed by atoms with Gasteiger partial charge in [0.2, 0.25) is 0 Å². The largest absolute Gasteiger partial charge is 0.319 e. The van der Waals surface area contributed by atoms with Crippen molar-refractivity contribution in [1.29, 1.82) is 0 Å². The standard InChI is InChI=1S/4C3H8ClNO3.Ti/c4*1-3-5(2)8-4(6)7;/h4*3H2,1-2H3;. The molecule has 0 amide bonds. The average Bonchev–Trinajstić information content (AvgIpc) is 2.67. The predicted molar refractivity (Wildman–Crippen MR) is 77.6 cm³/mol. The topological polar surface area (TPSA) is 234 Å². The van der Waals surface area contributed by atoms with Gasteiger partial charge in [-0.1, -0.05) is 20.3 Å². The smallest absolute Gasteiger partial charge is 0.312 e. The molecule has 0 aliphatic carbocycles. The van der Waals surface area contributed by atoms with Gasteiger partial charge >= 0.3 is 43.1 Å². The van der Waals surface area contributed by atoms with Crippen LogP contribution in [0.4, 0.5) is 0 Å². The molecule has 0 radical (unpaired) electrons. The van der Waals surface area contributed by atoms with Gasteiger partial charge in [0, 0.05) is 76.1 Å². The van der Waals surface area contributed by atoms with Crippen molar-refractivity contribution in [3.8, 4) is 0 Å². The van der Waals surface area contributed by atoms with Crippen molar-refractivity contribution in [3.05, 3.63) is 0 Å². The first-order valence-electron chi connectivity index (χ1n) is 8.46. The first-order chi connectivity index (χ1) is 14.7. The summed E-state index contributed by atoms with van der Waals surface area (Å²) in [6, 6.07) is 0. The summed E-state index contributed by atoms with van der Waals surface area (Å²) in [6.07, 6.45) is 0. The fraction of sp³-hybridized carbons (Fsp3) is 1.00. The Morgan fingerprint density at radius 3 is 0.576 bits per heavy atom. The molecular weight excluding hydrogens is 582 g/mol. The maximum absolute atomic E-state index is 9.67. The Bertz CT molecular complexity index is 312. The van der Waals surface area contributed by atoms with Crippen LogP contribution in [-0.2, 0) is 39.3 Å². The molecule has 0 heterocycles. The van der Waals surface area contributed by atoms with Crippen LogP contribution >= 0.6 is 0 Å². The minimum Gasteiger partial charge on any atom is -0.319 e. The van der Waals surface area contributed by atoms with Gasteiger partial charge < -0.3 is 37.3 Å². The third-order valence-electron chi connectivity index (χ3n) is 2.48. The molecular formula is C12H32Cl4N4O12Ti. The van der Waals surface area contributed by atoms with Crippen molar-refractivity contribution >= 4 is 0 Å². The Hall–Kier alpha value is 1.23. The van der Waals surface area contributed by atoms with Crippen LogP contribution in [0.2, 0.25) is 0 Å². The normalized spacial score (nSPS) is 10.9. The van der Waals surface area contributed by atoms with Crippen LogP contribution in [-0.4, -0.2) is 74.6 Å². The number of nitrogens with zero attached hydrogens (tertiary/aromatic N) is 4. The quantitative estimate of drug-likeness (QED) is 0.147. The summed E-state index contributed by atoms with van der Waals surface area (Å²) in [5.74, 6) is 0. The molecule has 0 aromatic heterocycles. The summed E-state index contributed by atoms with van der Waals surface area (Å²) in [4.78, 5) is 0. The van der Waals surface area contributed by atoms with Crippen molar-refractivity contribution in [1.82, 2.24) is 20.3 Å². The van der Waals surface area contributed by atoms with E-state index >= 15 is 0 Å². The van der Waals surface area contributed by atoms with Crippen LogP contribution in [0.3, 0.4) is 0 Å². The molecule has 21 heteroatoms. The Morgan fingerprint density at radius 1 is 0.424 bits per heavy atom. The molecule has 0 N–H and O–H groups in total. The van der Waals surface area contributed by atoms with Crippen LogP contribution in [0.25, 0.3) is 0 Å². The molecule has 0 spiro atoms. The summed E-state index contributed by atoms with van der Waals surface area (Å²) in [7, 11) is -2.36. The van der Waals surface area contributed by atoms with E-state index in [1.807, 2.05) is 0 Å².